The van der Waals surface area contributed by atoms with Crippen molar-refractivity contribution in [3.05, 3.63) is 17.8 Å². The lowest BCUT2D eigenvalue weighted by molar-refractivity contribution is -0.135. The zero-order valence-electron chi connectivity index (χ0n) is 10.9. The molecule has 0 unspecified atom stereocenters. The Hall–Kier alpha value is -2.22. The molecule has 104 valence electrons. The summed E-state index contributed by atoms with van der Waals surface area (Å²) < 4.78 is 0. The van der Waals surface area contributed by atoms with Gasteiger partial charge in [0.05, 0.1) is 0 Å². The van der Waals surface area contributed by atoms with Crippen molar-refractivity contribution in [1.29, 1.82) is 0 Å². The van der Waals surface area contributed by atoms with Crippen LogP contribution in [-0.4, -0.2) is 65.8 Å². The first-order valence-corrected chi connectivity index (χ1v) is 5.65. The van der Waals surface area contributed by atoms with E-state index >= 15 is 0 Å². The van der Waals surface area contributed by atoms with E-state index in [1.165, 1.54) is 12.1 Å². The molecule has 0 saturated carbocycles. The molecule has 0 fully saturated rings. The number of hydrogen-bond donors (Lipinski definition) is 2. The van der Waals surface area contributed by atoms with Gasteiger partial charge in [0.1, 0.15) is 6.54 Å². The van der Waals surface area contributed by atoms with Crippen molar-refractivity contribution in [2.75, 3.05) is 38.6 Å². The molecule has 0 saturated heterocycles. The van der Waals surface area contributed by atoms with E-state index in [0.29, 0.717) is 18.9 Å². The molecule has 0 aliphatic heterocycles. The number of aromatic nitrogens is 2. The number of carboxylic acids is 1. The molecule has 3 N–H and O–H groups in total. The number of carbonyl (C=O) groups is 2. The highest BCUT2D eigenvalue weighted by molar-refractivity contribution is 5.90. The fourth-order valence-electron chi connectivity index (χ4n) is 1.38. The van der Waals surface area contributed by atoms with Crippen LogP contribution in [0.15, 0.2) is 12.1 Å². The SMILES string of the molecule is CN(C)CCN(CC(=O)O)c1ccc(C(N)=O)nn1. The Morgan fingerprint density at radius 1 is 1.26 bits per heavy atom. The van der Waals surface area contributed by atoms with E-state index in [4.69, 9.17) is 10.8 Å². The van der Waals surface area contributed by atoms with Crippen LogP contribution in [0.3, 0.4) is 0 Å². The maximum Gasteiger partial charge on any atom is 0.323 e. The lowest BCUT2D eigenvalue weighted by atomic mass is 10.3. The molecule has 0 aromatic carbocycles. The highest BCUT2D eigenvalue weighted by Crippen LogP contribution is 2.09. The van der Waals surface area contributed by atoms with Gasteiger partial charge in [-0.3, -0.25) is 9.59 Å². The fraction of sp³-hybridized carbons (Fsp3) is 0.455. The standard InChI is InChI=1S/C11H17N5O3/c1-15(2)5-6-16(7-10(17)18)9-4-3-8(11(12)19)13-14-9/h3-4H,5-7H2,1-2H3,(H2,12,19)(H,17,18). The van der Waals surface area contributed by atoms with Crippen molar-refractivity contribution in [2.45, 2.75) is 0 Å². The third-order valence-electron chi connectivity index (χ3n) is 2.37. The van der Waals surface area contributed by atoms with Gasteiger partial charge in [0.2, 0.25) is 0 Å². The van der Waals surface area contributed by atoms with Crippen LogP contribution in [0.2, 0.25) is 0 Å². The second kappa shape index (κ2) is 6.64. The summed E-state index contributed by atoms with van der Waals surface area (Å²) in [6.07, 6.45) is 0. The molecule has 8 heteroatoms. The number of hydrogen-bond acceptors (Lipinski definition) is 6. The maximum atomic E-state index is 10.9. The van der Waals surface area contributed by atoms with Crippen molar-refractivity contribution < 1.29 is 14.7 Å². The molecule has 1 amide bonds. The van der Waals surface area contributed by atoms with Gasteiger partial charge < -0.3 is 20.6 Å². The highest BCUT2D eigenvalue weighted by Gasteiger charge is 2.13. The van der Waals surface area contributed by atoms with Gasteiger partial charge in [-0.25, -0.2) is 0 Å². The van der Waals surface area contributed by atoms with Gasteiger partial charge in [0.15, 0.2) is 11.5 Å². The molecule has 0 atom stereocenters. The maximum absolute atomic E-state index is 10.9. The number of likely N-dealkylation sites (N-methyl/N-ethyl adjacent to an activating group) is 1. The average molecular weight is 267 g/mol. The molecular formula is C11H17N5O3. The highest BCUT2D eigenvalue weighted by atomic mass is 16.4. The third kappa shape index (κ3) is 4.88. The van der Waals surface area contributed by atoms with Gasteiger partial charge in [0.25, 0.3) is 5.91 Å². The minimum absolute atomic E-state index is 0.0478. The number of nitrogens with zero attached hydrogens (tertiary/aromatic N) is 4. The van der Waals surface area contributed by atoms with Gasteiger partial charge in [-0.05, 0) is 26.2 Å². The molecule has 0 bridgehead atoms. The van der Waals surface area contributed by atoms with Crippen LogP contribution in [0.1, 0.15) is 10.5 Å². The zero-order chi connectivity index (χ0) is 14.4. The number of rotatable bonds is 7. The summed E-state index contributed by atoms with van der Waals surface area (Å²) >= 11 is 0. The van der Waals surface area contributed by atoms with E-state index in [9.17, 15) is 9.59 Å². The van der Waals surface area contributed by atoms with Crippen LogP contribution >= 0.6 is 0 Å². The number of anilines is 1. The first-order valence-electron chi connectivity index (χ1n) is 5.65. The smallest absolute Gasteiger partial charge is 0.323 e. The van der Waals surface area contributed by atoms with E-state index in [1.54, 1.807) is 4.90 Å². The average Bonchev–Trinajstić information content (AvgIpc) is 2.34. The van der Waals surface area contributed by atoms with Gasteiger partial charge in [-0.2, -0.15) is 0 Å². The van der Waals surface area contributed by atoms with Gasteiger partial charge in [0, 0.05) is 13.1 Å². The van der Waals surface area contributed by atoms with Crippen LogP contribution in [0.25, 0.3) is 0 Å². The van der Waals surface area contributed by atoms with E-state index in [2.05, 4.69) is 10.2 Å². The van der Waals surface area contributed by atoms with E-state index in [0.717, 1.165) is 0 Å². The largest absolute Gasteiger partial charge is 0.480 e. The molecule has 19 heavy (non-hydrogen) atoms. The van der Waals surface area contributed by atoms with Crippen LogP contribution in [-0.2, 0) is 4.79 Å². The number of nitrogens with two attached hydrogens (primary N) is 1. The summed E-state index contributed by atoms with van der Waals surface area (Å²) in [7, 11) is 3.78. The van der Waals surface area contributed by atoms with Gasteiger partial charge >= 0.3 is 5.97 Å². The molecule has 0 aliphatic carbocycles. The lowest BCUT2D eigenvalue weighted by Gasteiger charge is -2.23. The van der Waals surface area contributed by atoms with Crippen molar-refractivity contribution in [2.24, 2.45) is 5.73 Å². The first kappa shape index (κ1) is 14.8. The monoisotopic (exact) mass is 267 g/mol. The summed E-state index contributed by atoms with van der Waals surface area (Å²) in [5, 5.41) is 16.4. The summed E-state index contributed by atoms with van der Waals surface area (Å²) in [5.41, 5.74) is 5.11. The number of aliphatic carboxylic acids is 1. The number of primary amides is 1. The molecule has 1 aromatic heterocycles. The predicted octanol–water partition coefficient (Wildman–Crippen LogP) is -0.972. The summed E-state index contributed by atoms with van der Waals surface area (Å²) in [6, 6.07) is 2.96. The lowest BCUT2D eigenvalue weighted by Crippen LogP contribution is -2.36. The van der Waals surface area contributed by atoms with Crippen LogP contribution < -0.4 is 10.6 Å². The fourth-order valence-corrected chi connectivity index (χ4v) is 1.38. The topological polar surface area (TPSA) is 113 Å². The normalized spacial score (nSPS) is 10.5. The second-order valence-corrected chi connectivity index (χ2v) is 4.26. The number of carbonyl (C=O) groups excluding carboxylic acids is 1. The van der Waals surface area contributed by atoms with Crippen molar-refractivity contribution >= 4 is 17.7 Å². The Morgan fingerprint density at radius 2 is 1.95 bits per heavy atom. The van der Waals surface area contributed by atoms with Crippen molar-refractivity contribution in [1.82, 2.24) is 15.1 Å². The van der Waals surface area contributed by atoms with Crippen molar-refractivity contribution in [3.63, 3.8) is 0 Å². The number of carboxylic acid groups (broad SMARTS) is 1. The molecule has 8 nitrogen and oxygen atoms in total. The Balaban J connectivity index is 2.83. The van der Waals surface area contributed by atoms with E-state index in [-0.39, 0.29) is 12.2 Å². The molecule has 0 radical (unpaired) electrons. The Bertz CT molecular complexity index is 446. The zero-order valence-corrected chi connectivity index (χ0v) is 10.9. The minimum Gasteiger partial charge on any atom is -0.480 e. The predicted molar refractivity (Wildman–Crippen MR) is 69.0 cm³/mol. The molecule has 1 heterocycles. The molecule has 0 aliphatic rings. The second-order valence-electron chi connectivity index (χ2n) is 4.26. The van der Waals surface area contributed by atoms with Crippen LogP contribution in [0, 0.1) is 0 Å². The van der Waals surface area contributed by atoms with E-state index in [1.807, 2.05) is 19.0 Å². The minimum atomic E-state index is -0.959. The molecule has 1 rings (SSSR count). The molecular weight excluding hydrogens is 250 g/mol. The quantitative estimate of drug-likeness (QED) is 0.653. The molecule has 1 aromatic rings. The Morgan fingerprint density at radius 3 is 2.37 bits per heavy atom. The summed E-state index contributed by atoms with van der Waals surface area (Å²) in [5.74, 6) is -1.23. The summed E-state index contributed by atoms with van der Waals surface area (Å²) in [6.45, 7) is 0.981. The summed E-state index contributed by atoms with van der Waals surface area (Å²) in [4.78, 5) is 25.2. The van der Waals surface area contributed by atoms with Crippen LogP contribution in [0.5, 0.6) is 0 Å². The molecule has 0 spiro atoms. The van der Waals surface area contributed by atoms with Crippen molar-refractivity contribution in [3.8, 4) is 0 Å². The third-order valence-corrected chi connectivity index (χ3v) is 2.37. The number of amides is 1. The van der Waals surface area contributed by atoms with E-state index < -0.39 is 11.9 Å². The van der Waals surface area contributed by atoms with Crippen LogP contribution in [0.4, 0.5) is 5.82 Å². The Labute approximate surface area is 110 Å². The van der Waals surface area contributed by atoms with Gasteiger partial charge in [-0.1, -0.05) is 0 Å². The first-order chi connectivity index (χ1) is 8.90. The van der Waals surface area contributed by atoms with Gasteiger partial charge in [-0.15, -0.1) is 10.2 Å². The Kier molecular flexibility index (Phi) is 5.19.